The number of carboxylic acids is 1. The first-order valence-electron chi connectivity index (χ1n) is 7.19. The second kappa shape index (κ2) is 6.32. The largest absolute Gasteiger partial charge is 0.481 e. The van der Waals surface area contributed by atoms with Crippen LogP contribution in [0, 0.1) is 11.8 Å². The van der Waals surface area contributed by atoms with Crippen molar-refractivity contribution in [2.24, 2.45) is 11.8 Å². The highest BCUT2D eigenvalue weighted by molar-refractivity contribution is 7.86. The topological polar surface area (TPSA) is 77.9 Å². The van der Waals surface area contributed by atoms with Gasteiger partial charge in [0.15, 0.2) is 0 Å². The van der Waals surface area contributed by atoms with Crippen molar-refractivity contribution in [1.29, 1.82) is 0 Å². The molecule has 2 aliphatic rings. The molecule has 0 saturated carbocycles. The van der Waals surface area contributed by atoms with Gasteiger partial charge in [0.1, 0.15) is 0 Å². The van der Waals surface area contributed by atoms with Gasteiger partial charge in [0.25, 0.3) is 10.2 Å². The molecule has 10 heteroatoms. The molecule has 0 radical (unpaired) electrons. The third-order valence-electron chi connectivity index (χ3n) is 4.24. The zero-order valence-corrected chi connectivity index (χ0v) is 12.7. The molecular weight excluding hydrogens is 325 g/mol. The van der Waals surface area contributed by atoms with Gasteiger partial charge in [0.05, 0.1) is 11.8 Å². The fraction of sp³-hybridized carbons (Fsp3) is 0.917. The summed E-state index contributed by atoms with van der Waals surface area (Å²) in [5.41, 5.74) is 0. The Kier molecular flexibility index (Phi) is 5.03. The van der Waals surface area contributed by atoms with Crippen molar-refractivity contribution in [2.75, 3.05) is 26.2 Å². The molecule has 2 atom stereocenters. The van der Waals surface area contributed by atoms with Gasteiger partial charge < -0.3 is 5.11 Å². The molecule has 0 aromatic carbocycles. The summed E-state index contributed by atoms with van der Waals surface area (Å²) in [4.78, 5) is 11.0. The van der Waals surface area contributed by atoms with Crippen molar-refractivity contribution >= 4 is 16.2 Å². The van der Waals surface area contributed by atoms with E-state index in [0.717, 1.165) is 12.8 Å². The predicted molar refractivity (Wildman–Crippen MR) is 71.2 cm³/mol. The van der Waals surface area contributed by atoms with Crippen LogP contribution in [0.15, 0.2) is 0 Å². The van der Waals surface area contributed by atoms with Crippen LogP contribution in [0.4, 0.5) is 13.2 Å². The Morgan fingerprint density at radius 1 is 1.00 bits per heavy atom. The van der Waals surface area contributed by atoms with Crippen LogP contribution < -0.4 is 0 Å². The van der Waals surface area contributed by atoms with Crippen LogP contribution in [0.3, 0.4) is 0 Å². The van der Waals surface area contributed by atoms with E-state index in [1.165, 1.54) is 4.31 Å². The van der Waals surface area contributed by atoms with E-state index in [2.05, 4.69) is 0 Å². The van der Waals surface area contributed by atoms with Gasteiger partial charge in [-0.25, -0.2) is 0 Å². The number of hydrogen-bond acceptors (Lipinski definition) is 3. The van der Waals surface area contributed by atoms with Crippen molar-refractivity contribution < 1.29 is 31.5 Å². The summed E-state index contributed by atoms with van der Waals surface area (Å²) in [6.07, 6.45) is -1.63. The van der Waals surface area contributed by atoms with E-state index < -0.39 is 47.3 Å². The molecule has 0 aromatic rings. The fourth-order valence-corrected chi connectivity index (χ4v) is 4.72. The van der Waals surface area contributed by atoms with E-state index in [1.54, 1.807) is 0 Å². The maximum Gasteiger partial charge on any atom is 0.393 e. The van der Waals surface area contributed by atoms with Crippen LogP contribution in [0.5, 0.6) is 0 Å². The van der Waals surface area contributed by atoms with Gasteiger partial charge in [-0.3, -0.25) is 4.79 Å². The highest BCUT2D eigenvalue weighted by Crippen LogP contribution is 2.39. The average Bonchev–Trinajstić information content (AvgIpc) is 2.69. The van der Waals surface area contributed by atoms with Gasteiger partial charge in [0.2, 0.25) is 0 Å². The maximum absolute atomic E-state index is 12.9. The normalized spacial score (nSPS) is 29.4. The van der Waals surface area contributed by atoms with Gasteiger partial charge in [-0.1, -0.05) is 12.8 Å². The molecule has 0 unspecified atom stereocenters. The van der Waals surface area contributed by atoms with Crippen molar-refractivity contribution in [3.8, 4) is 0 Å². The van der Waals surface area contributed by atoms with Crippen molar-refractivity contribution in [3.63, 3.8) is 0 Å². The van der Waals surface area contributed by atoms with Gasteiger partial charge in [-0.2, -0.15) is 30.2 Å². The number of alkyl halides is 3. The number of aliphatic carboxylic acids is 1. The molecule has 2 fully saturated rings. The Morgan fingerprint density at radius 3 is 1.95 bits per heavy atom. The Labute approximate surface area is 127 Å². The lowest BCUT2D eigenvalue weighted by Gasteiger charge is -2.26. The summed E-state index contributed by atoms with van der Waals surface area (Å²) in [7, 11) is -4.04. The minimum atomic E-state index is -4.73. The molecule has 2 rings (SSSR count). The van der Waals surface area contributed by atoms with Crippen LogP contribution in [0.25, 0.3) is 0 Å². The van der Waals surface area contributed by atoms with Crippen molar-refractivity contribution in [2.45, 2.75) is 31.9 Å². The monoisotopic (exact) mass is 344 g/mol. The summed E-state index contributed by atoms with van der Waals surface area (Å²) in [6.45, 7) is -0.905. The standard InChI is InChI=1S/C12H19F3N2O4S/c13-12(14,15)10-8-17(7-9(10)11(18)19)22(20,21)16-5-3-1-2-4-6-16/h9-10H,1-8H2,(H,18,19)/t9-,10-/m1/s1. The molecule has 2 saturated heterocycles. The molecule has 6 nitrogen and oxygen atoms in total. The van der Waals surface area contributed by atoms with Gasteiger partial charge in [-0.05, 0) is 12.8 Å². The van der Waals surface area contributed by atoms with Crippen LogP contribution >= 0.6 is 0 Å². The number of carbonyl (C=O) groups is 1. The van der Waals surface area contributed by atoms with Crippen molar-refractivity contribution in [3.05, 3.63) is 0 Å². The highest BCUT2D eigenvalue weighted by Gasteiger charge is 2.55. The molecular formula is C12H19F3N2O4S. The summed E-state index contributed by atoms with van der Waals surface area (Å²) < 4.78 is 65.6. The first kappa shape index (κ1) is 17.5. The number of hydrogen-bond donors (Lipinski definition) is 1. The third-order valence-corrected chi connectivity index (χ3v) is 6.21. The lowest BCUT2D eigenvalue weighted by atomic mass is 9.96. The van der Waals surface area contributed by atoms with Crippen molar-refractivity contribution in [1.82, 2.24) is 8.61 Å². The summed E-state index contributed by atoms with van der Waals surface area (Å²) in [5, 5.41) is 8.95. The minimum Gasteiger partial charge on any atom is -0.481 e. The molecule has 1 N–H and O–H groups in total. The molecule has 0 aliphatic carbocycles. The Balaban J connectivity index is 2.20. The van der Waals surface area contributed by atoms with E-state index in [-0.39, 0.29) is 13.1 Å². The molecule has 128 valence electrons. The Bertz CT molecular complexity index is 515. The maximum atomic E-state index is 12.9. The summed E-state index contributed by atoms with van der Waals surface area (Å²) in [5.74, 6) is -5.52. The quantitative estimate of drug-likeness (QED) is 0.837. The summed E-state index contributed by atoms with van der Waals surface area (Å²) in [6, 6.07) is 0. The molecule has 2 aliphatic heterocycles. The van der Waals surface area contributed by atoms with E-state index in [4.69, 9.17) is 5.11 Å². The van der Waals surface area contributed by atoms with Crippen LogP contribution in [0.1, 0.15) is 25.7 Å². The number of halogens is 3. The number of nitrogens with zero attached hydrogens (tertiary/aromatic N) is 2. The molecule has 2 heterocycles. The number of carboxylic acid groups (broad SMARTS) is 1. The predicted octanol–water partition coefficient (Wildman–Crippen LogP) is 1.30. The van der Waals surface area contributed by atoms with Gasteiger partial charge >= 0.3 is 12.1 Å². The van der Waals surface area contributed by atoms with Gasteiger partial charge in [0, 0.05) is 26.2 Å². The lowest BCUT2D eigenvalue weighted by molar-refractivity contribution is -0.187. The first-order valence-corrected chi connectivity index (χ1v) is 8.58. The Hall–Kier alpha value is -0.870. The minimum absolute atomic E-state index is 0.271. The first-order chi connectivity index (χ1) is 10.1. The molecule has 0 spiro atoms. The molecule has 0 aromatic heterocycles. The van der Waals surface area contributed by atoms with E-state index in [1.807, 2.05) is 0 Å². The zero-order chi connectivity index (χ0) is 16.5. The van der Waals surface area contributed by atoms with E-state index in [0.29, 0.717) is 17.1 Å². The fourth-order valence-electron chi connectivity index (χ4n) is 2.97. The second-order valence-corrected chi connectivity index (χ2v) is 7.66. The van der Waals surface area contributed by atoms with Crippen LogP contribution in [0.2, 0.25) is 0 Å². The SMILES string of the molecule is O=C(O)[C@@H]1CN(S(=O)(=O)N2CCCCCC2)C[C@H]1C(F)(F)F. The van der Waals surface area contributed by atoms with Crippen LogP contribution in [-0.4, -0.2) is 60.5 Å². The molecule has 0 bridgehead atoms. The second-order valence-electron chi connectivity index (χ2n) is 5.73. The zero-order valence-electron chi connectivity index (χ0n) is 11.9. The highest BCUT2D eigenvalue weighted by atomic mass is 32.2. The third kappa shape index (κ3) is 3.54. The smallest absolute Gasteiger partial charge is 0.393 e. The van der Waals surface area contributed by atoms with E-state index >= 15 is 0 Å². The Morgan fingerprint density at radius 2 is 1.55 bits per heavy atom. The van der Waals surface area contributed by atoms with Crippen LogP contribution in [-0.2, 0) is 15.0 Å². The average molecular weight is 344 g/mol. The lowest BCUT2D eigenvalue weighted by Crippen LogP contribution is -2.43. The molecule has 22 heavy (non-hydrogen) atoms. The molecule has 0 amide bonds. The van der Waals surface area contributed by atoms with Gasteiger partial charge in [-0.15, -0.1) is 0 Å². The number of rotatable bonds is 3. The van der Waals surface area contributed by atoms with E-state index in [9.17, 15) is 26.4 Å². The summed E-state index contributed by atoms with van der Waals surface area (Å²) >= 11 is 0.